The fourth-order valence-corrected chi connectivity index (χ4v) is 3.60. The summed E-state index contributed by atoms with van der Waals surface area (Å²) >= 11 is 0. The molecule has 2 saturated heterocycles. The molecule has 0 spiro atoms. The van der Waals surface area contributed by atoms with Gasteiger partial charge in [-0.2, -0.15) is 0 Å². The van der Waals surface area contributed by atoms with E-state index >= 15 is 0 Å². The quantitative estimate of drug-likeness (QED) is 0.666. The molecule has 92 valence electrons. The molecule has 2 aliphatic heterocycles. The van der Waals surface area contributed by atoms with E-state index in [0.29, 0.717) is 12.8 Å². The number of rotatable bonds is 0. The van der Waals surface area contributed by atoms with E-state index in [2.05, 4.69) is 20.8 Å². The highest BCUT2D eigenvalue weighted by Gasteiger charge is 2.59. The molecule has 2 aliphatic rings. The Labute approximate surface area is 96.3 Å². The number of carboxylic acid groups (broad SMARTS) is 1. The van der Waals surface area contributed by atoms with Gasteiger partial charge in [-0.25, -0.2) is 4.79 Å². The van der Waals surface area contributed by atoms with E-state index in [4.69, 9.17) is 0 Å². The first-order chi connectivity index (χ1) is 7.28. The van der Waals surface area contributed by atoms with Gasteiger partial charge in [-0.15, -0.1) is 0 Å². The number of piperidine rings is 1. The predicted octanol–water partition coefficient (Wildman–Crippen LogP) is 2.07. The summed E-state index contributed by atoms with van der Waals surface area (Å²) in [6.45, 7) is 6.22. The Kier molecular flexibility index (Phi) is 2.46. The van der Waals surface area contributed by atoms with Gasteiger partial charge in [-0.3, -0.25) is 4.90 Å². The molecular formula is C12H21NO3. The van der Waals surface area contributed by atoms with Crippen LogP contribution in [-0.2, 0) is 0 Å². The van der Waals surface area contributed by atoms with Crippen molar-refractivity contribution in [3.63, 3.8) is 0 Å². The summed E-state index contributed by atoms with van der Waals surface area (Å²) < 4.78 is 0. The standard InChI is InChI=1S/C12H21NO3/c1-11(2,3)12-5-4-8(6-9(14)7-12)13(12)10(15)16/h8-9,14H,4-7H2,1-3H3,(H,15,16). The Hall–Kier alpha value is -0.770. The molecule has 0 aromatic heterocycles. The van der Waals surface area contributed by atoms with E-state index in [1.165, 1.54) is 0 Å². The molecule has 2 heterocycles. The lowest BCUT2D eigenvalue weighted by molar-refractivity contribution is -0.0588. The van der Waals surface area contributed by atoms with E-state index in [-0.39, 0.29) is 23.1 Å². The average molecular weight is 227 g/mol. The third-order valence-electron chi connectivity index (χ3n) is 4.44. The second-order valence-electron chi connectivity index (χ2n) is 6.22. The minimum Gasteiger partial charge on any atom is -0.465 e. The third kappa shape index (κ3) is 1.43. The molecule has 2 fully saturated rings. The molecule has 4 heteroatoms. The van der Waals surface area contributed by atoms with Crippen LogP contribution in [0.2, 0.25) is 0 Å². The van der Waals surface area contributed by atoms with Crippen LogP contribution in [0.3, 0.4) is 0 Å². The highest BCUT2D eigenvalue weighted by atomic mass is 16.4. The van der Waals surface area contributed by atoms with Gasteiger partial charge in [0.1, 0.15) is 0 Å². The van der Waals surface area contributed by atoms with Crippen molar-refractivity contribution >= 4 is 6.09 Å². The first-order valence-corrected chi connectivity index (χ1v) is 5.98. The zero-order valence-corrected chi connectivity index (χ0v) is 10.2. The largest absolute Gasteiger partial charge is 0.465 e. The molecule has 16 heavy (non-hydrogen) atoms. The van der Waals surface area contributed by atoms with Crippen LogP contribution in [0.1, 0.15) is 46.5 Å². The van der Waals surface area contributed by atoms with Crippen LogP contribution >= 0.6 is 0 Å². The van der Waals surface area contributed by atoms with Crippen LogP contribution in [0.25, 0.3) is 0 Å². The Morgan fingerprint density at radius 2 is 2.06 bits per heavy atom. The lowest BCUT2D eigenvalue weighted by atomic mass is 9.68. The average Bonchev–Trinajstić information content (AvgIpc) is 2.35. The summed E-state index contributed by atoms with van der Waals surface area (Å²) in [5.41, 5.74) is -0.497. The zero-order valence-electron chi connectivity index (χ0n) is 10.2. The summed E-state index contributed by atoms with van der Waals surface area (Å²) in [4.78, 5) is 13.0. The second-order valence-corrected chi connectivity index (χ2v) is 6.22. The molecule has 2 rings (SSSR count). The van der Waals surface area contributed by atoms with Crippen molar-refractivity contribution in [2.75, 3.05) is 0 Å². The molecule has 0 aliphatic carbocycles. The summed E-state index contributed by atoms with van der Waals surface area (Å²) in [5.74, 6) is 0. The maximum absolute atomic E-state index is 11.4. The maximum Gasteiger partial charge on any atom is 0.408 e. The van der Waals surface area contributed by atoms with Crippen LogP contribution in [0.15, 0.2) is 0 Å². The van der Waals surface area contributed by atoms with Crippen molar-refractivity contribution in [1.82, 2.24) is 4.90 Å². The molecule has 0 radical (unpaired) electrons. The van der Waals surface area contributed by atoms with E-state index in [1.54, 1.807) is 4.90 Å². The van der Waals surface area contributed by atoms with Gasteiger partial charge < -0.3 is 10.2 Å². The highest BCUT2D eigenvalue weighted by molar-refractivity contribution is 5.68. The zero-order chi connectivity index (χ0) is 12.1. The second kappa shape index (κ2) is 3.36. The third-order valence-corrected chi connectivity index (χ3v) is 4.44. The number of carbonyl (C=O) groups is 1. The van der Waals surface area contributed by atoms with Crippen LogP contribution < -0.4 is 0 Å². The Morgan fingerprint density at radius 3 is 2.56 bits per heavy atom. The number of hydrogen-bond acceptors (Lipinski definition) is 2. The fraction of sp³-hybridized carbons (Fsp3) is 0.917. The fourth-order valence-electron chi connectivity index (χ4n) is 3.60. The molecule has 0 aromatic carbocycles. The minimum atomic E-state index is -0.829. The molecule has 2 bridgehead atoms. The van der Waals surface area contributed by atoms with Crippen molar-refractivity contribution in [3.8, 4) is 0 Å². The maximum atomic E-state index is 11.4. The molecular weight excluding hydrogens is 206 g/mol. The van der Waals surface area contributed by atoms with Gasteiger partial charge >= 0.3 is 6.09 Å². The van der Waals surface area contributed by atoms with Crippen LogP contribution in [0.4, 0.5) is 4.79 Å². The van der Waals surface area contributed by atoms with E-state index in [0.717, 1.165) is 12.8 Å². The number of fused-ring (bicyclic) bond motifs is 2. The topological polar surface area (TPSA) is 60.8 Å². The number of aliphatic hydroxyl groups is 1. The van der Waals surface area contributed by atoms with E-state index in [1.807, 2.05) is 0 Å². The highest BCUT2D eigenvalue weighted by Crippen LogP contribution is 2.53. The van der Waals surface area contributed by atoms with Gasteiger partial charge in [-0.1, -0.05) is 20.8 Å². The first-order valence-electron chi connectivity index (χ1n) is 5.98. The van der Waals surface area contributed by atoms with Crippen LogP contribution in [0, 0.1) is 5.41 Å². The molecule has 0 aromatic rings. The molecule has 2 N–H and O–H groups in total. The summed E-state index contributed by atoms with van der Waals surface area (Å²) in [6.07, 6.45) is 1.78. The van der Waals surface area contributed by atoms with Crippen molar-refractivity contribution < 1.29 is 15.0 Å². The van der Waals surface area contributed by atoms with Gasteiger partial charge in [0.15, 0.2) is 0 Å². The minimum absolute atomic E-state index is 0.0143. The summed E-state index contributed by atoms with van der Waals surface area (Å²) in [6, 6.07) is 0.0143. The van der Waals surface area contributed by atoms with Gasteiger partial charge in [0.25, 0.3) is 0 Å². The van der Waals surface area contributed by atoms with Crippen molar-refractivity contribution in [2.24, 2.45) is 5.41 Å². The number of hydrogen-bond donors (Lipinski definition) is 2. The lowest BCUT2D eigenvalue weighted by Crippen LogP contribution is -2.62. The Bertz CT molecular complexity index is 310. The van der Waals surface area contributed by atoms with E-state index < -0.39 is 6.09 Å². The smallest absolute Gasteiger partial charge is 0.408 e. The summed E-state index contributed by atoms with van der Waals surface area (Å²) in [7, 11) is 0. The van der Waals surface area contributed by atoms with Crippen molar-refractivity contribution in [2.45, 2.75) is 64.1 Å². The molecule has 1 amide bonds. The van der Waals surface area contributed by atoms with E-state index in [9.17, 15) is 15.0 Å². The Balaban J connectivity index is 2.42. The first kappa shape index (κ1) is 11.7. The number of nitrogens with zero attached hydrogens (tertiary/aromatic N) is 1. The van der Waals surface area contributed by atoms with Gasteiger partial charge in [0.2, 0.25) is 0 Å². The molecule has 3 unspecified atom stereocenters. The van der Waals surface area contributed by atoms with Gasteiger partial charge in [0.05, 0.1) is 11.6 Å². The molecule has 3 atom stereocenters. The van der Waals surface area contributed by atoms with Crippen molar-refractivity contribution in [3.05, 3.63) is 0 Å². The molecule has 0 saturated carbocycles. The SMILES string of the molecule is CC(C)(C)C12CCC(CC(O)C1)N2C(=O)O. The summed E-state index contributed by atoms with van der Waals surface area (Å²) in [5, 5.41) is 19.3. The monoisotopic (exact) mass is 227 g/mol. The van der Waals surface area contributed by atoms with Crippen LogP contribution in [-0.4, -0.2) is 38.9 Å². The normalized spacial score (nSPS) is 38.9. The van der Waals surface area contributed by atoms with Crippen molar-refractivity contribution in [1.29, 1.82) is 0 Å². The van der Waals surface area contributed by atoms with Gasteiger partial charge in [0, 0.05) is 6.04 Å². The number of aliphatic hydroxyl groups excluding tert-OH is 1. The number of amides is 1. The molecule has 4 nitrogen and oxygen atoms in total. The lowest BCUT2D eigenvalue weighted by Gasteiger charge is -2.52. The van der Waals surface area contributed by atoms with Gasteiger partial charge in [-0.05, 0) is 31.1 Å². The van der Waals surface area contributed by atoms with Crippen LogP contribution in [0.5, 0.6) is 0 Å². The predicted molar refractivity (Wildman–Crippen MR) is 60.3 cm³/mol. The Morgan fingerprint density at radius 1 is 1.44 bits per heavy atom.